The number of carbonyl (C=O) groups excluding carboxylic acids is 1. The summed E-state index contributed by atoms with van der Waals surface area (Å²) in [6, 6.07) is 7.49. The van der Waals surface area contributed by atoms with Gasteiger partial charge in [0.25, 0.3) is 0 Å². The van der Waals surface area contributed by atoms with E-state index < -0.39 is 5.41 Å². The quantitative estimate of drug-likeness (QED) is 0.573. The lowest BCUT2D eigenvalue weighted by Gasteiger charge is -2.26. The second-order valence-electron chi connectivity index (χ2n) is 4.28. The summed E-state index contributed by atoms with van der Waals surface area (Å²) < 4.78 is 10.3. The van der Waals surface area contributed by atoms with Crippen LogP contribution in [0.2, 0.25) is 0 Å². The summed E-state index contributed by atoms with van der Waals surface area (Å²) >= 11 is 0. The summed E-state index contributed by atoms with van der Waals surface area (Å²) in [7, 11) is 1.61. The molecule has 1 atom stereocenters. The van der Waals surface area contributed by atoms with Gasteiger partial charge in [0.1, 0.15) is 5.75 Å². The van der Waals surface area contributed by atoms with Crippen LogP contribution in [0.1, 0.15) is 25.8 Å². The van der Waals surface area contributed by atoms with E-state index in [1.54, 1.807) is 20.1 Å². The van der Waals surface area contributed by atoms with Crippen LogP contribution in [0.3, 0.4) is 0 Å². The molecule has 98 valence electrons. The number of methoxy groups -OCH3 is 1. The van der Waals surface area contributed by atoms with Crippen molar-refractivity contribution in [1.82, 2.24) is 0 Å². The van der Waals surface area contributed by atoms with Gasteiger partial charge in [-0.3, -0.25) is 4.79 Å². The Hall–Kier alpha value is -1.77. The zero-order valence-corrected chi connectivity index (χ0v) is 11.2. The van der Waals surface area contributed by atoms with Crippen molar-refractivity contribution in [3.63, 3.8) is 0 Å². The molecule has 3 heteroatoms. The Morgan fingerprint density at radius 3 is 2.78 bits per heavy atom. The molecule has 1 rings (SSSR count). The van der Waals surface area contributed by atoms with Gasteiger partial charge in [0.2, 0.25) is 0 Å². The highest BCUT2D eigenvalue weighted by Gasteiger charge is 2.35. The maximum atomic E-state index is 12.1. The zero-order chi connectivity index (χ0) is 13.6. The highest BCUT2D eigenvalue weighted by Crippen LogP contribution is 2.31. The van der Waals surface area contributed by atoms with Crippen LogP contribution < -0.4 is 4.74 Å². The topological polar surface area (TPSA) is 35.5 Å². The average molecular weight is 248 g/mol. The predicted molar refractivity (Wildman–Crippen MR) is 71.8 cm³/mol. The first-order valence-corrected chi connectivity index (χ1v) is 6.01. The van der Waals surface area contributed by atoms with Gasteiger partial charge in [-0.1, -0.05) is 18.2 Å². The smallest absolute Gasteiger partial charge is 0.316 e. The predicted octanol–water partition coefficient (Wildman–Crippen LogP) is 3.09. The fourth-order valence-electron chi connectivity index (χ4n) is 1.86. The SMILES string of the molecule is C=CCC(C)(C(=O)OCC)c1cccc(OC)c1. The van der Waals surface area contributed by atoms with Crippen molar-refractivity contribution in [2.75, 3.05) is 13.7 Å². The number of esters is 1. The molecule has 1 aromatic carbocycles. The van der Waals surface area contributed by atoms with Crippen molar-refractivity contribution >= 4 is 5.97 Å². The van der Waals surface area contributed by atoms with Gasteiger partial charge in [-0.25, -0.2) is 0 Å². The van der Waals surface area contributed by atoms with Gasteiger partial charge in [-0.2, -0.15) is 0 Å². The molecule has 1 unspecified atom stereocenters. The molecule has 3 nitrogen and oxygen atoms in total. The molecule has 0 N–H and O–H groups in total. The number of hydrogen-bond donors (Lipinski definition) is 0. The monoisotopic (exact) mass is 248 g/mol. The Balaban J connectivity index is 3.16. The molecular formula is C15H20O3. The van der Waals surface area contributed by atoms with E-state index >= 15 is 0 Å². The third-order valence-corrected chi connectivity index (χ3v) is 2.99. The van der Waals surface area contributed by atoms with Crippen LogP contribution in [0.5, 0.6) is 5.75 Å². The van der Waals surface area contributed by atoms with Gasteiger partial charge in [0, 0.05) is 0 Å². The fourth-order valence-corrected chi connectivity index (χ4v) is 1.86. The van der Waals surface area contributed by atoms with E-state index in [0.29, 0.717) is 13.0 Å². The van der Waals surface area contributed by atoms with Gasteiger partial charge in [-0.05, 0) is 38.0 Å². The van der Waals surface area contributed by atoms with Gasteiger partial charge in [-0.15, -0.1) is 6.58 Å². The lowest BCUT2D eigenvalue weighted by molar-refractivity contribution is -0.149. The molecule has 18 heavy (non-hydrogen) atoms. The number of carbonyl (C=O) groups is 1. The Morgan fingerprint density at radius 2 is 2.22 bits per heavy atom. The lowest BCUT2D eigenvalue weighted by Crippen LogP contribution is -2.34. The van der Waals surface area contributed by atoms with Gasteiger partial charge in [0.15, 0.2) is 0 Å². The fraction of sp³-hybridized carbons (Fsp3) is 0.400. The summed E-state index contributed by atoms with van der Waals surface area (Å²) in [6.45, 7) is 7.75. The van der Waals surface area contributed by atoms with Gasteiger partial charge in [0.05, 0.1) is 19.1 Å². The number of hydrogen-bond acceptors (Lipinski definition) is 3. The second kappa shape index (κ2) is 6.24. The van der Waals surface area contributed by atoms with Crippen LogP contribution in [0, 0.1) is 0 Å². The third-order valence-electron chi connectivity index (χ3n) is 2.99. The van der Waals surface area contributed by atoms with E-state index in [0.717, 1.165) is 11.3 Å². The van der Waals surface area contributed by atoms with E-state index in [1.807, 2.05) is 31.2 Å². The molecular weight excluding hydrogens is 228 g/mol. The van der Waals surface area contributed by atoms with E-state index in [-0.39, 0.29) is 5.97 Å². The van der Waals surface area contributed by atoms with Crippen molar-refractivity contribution < 1.29 is 14.3 Å². The maximum absolute atomic E-state index is 12.1. The highest BCUT2D eigenvalue weighted by molar-refractivity contribution is 5.83. The Morgan fingerprint density at radius 1 is 1.50 bits per heavy atom. The standard InChI is InChI=1S/C15H20O3/c1-5-10-15(3,14(16)18-6-2)12-8-7-9-13(11-12)17-4/h5,7-9,11H,1,6,10H2,2-4H3. The van der Waals surface area contributed by atoms with Crippen molar-refractivity contribution in [3.05, 3.63) is 42.5 Å². The first-order chi connectivity index (χ1) is 8.58. The summed E-state index contributed by atoms with van der Waals surface area (Å²) in [6.07, 6.45) is 2.26. The molecule has 1 aromatic rings. The van der Waals surface area contributed by atoms with Crippen molar-refractivity contribution in [3.8, 4) is 5.75 Å². The van der Waals surface area contributed by atoms with Crippen molar-refractivity contribution in [2.45, 2.75) is 25.7 Å². The lowest BCUT2D eigenvalue weighted by atomic mass is 9.79. The first-order valence-electron chi connectivity index (χ1n) is 6.01. The summed E-state index contributed by atoms with van der Waals surface area (Å²) in [5.41, 5.74) is 0.159. The van der Waals surface area contributed by atoms with Crippen LogP contribution in [-0.2, 0) is 14.9 Å². The number of allylic oxidation sites excluding steroid dienone is 1. The zero-order valence-electron chi connectivity index (χ0n) is 11.2. The average Bonchev–Trinajstić information content (AvgIpc) is 2.39. The Labute approximate surface area is 108 Å². The van der Waals surface area contributed by atoms with Gasteiger partial charge >= 0.3 is 5.97 Å². The molecule has 0 spiro atoms. The van der Waals surface area contributed by atoms with Crippen LogP contribution in [0.25, 0.3) is 0 Å². The number of benzene rings is 1. The molecule has 0 saturated heterocycles. The number of rotatable bonds is 6. The summed E-state index contributed by atoms with van der Waals surface area (Å²) in [4.78, 5) is 12.1. The first kappa shape index (κ1) is 14.3. The second-order valence-corrected chi connectivity index (χ2v) is 4.28. The molecule has 0 aliphatic heterocycles. The van der Waals surface area contributed by atoms with Crippen LogP contribution in [0.15, 0.2) is 36.9 Å². The van der Waals surface area contributed by atoms with E-state index in [4.69, 9.17) is 9.47 Å². The molecule has 0 heterocycles. The van der Waals surface area contributed by atoms with Crippen LogP contribution >= 0.6 is 0 Å². The minimum Gasteiger partial charge on any atom is -0.497 e. The minimum absolute atomic E-state index is 0.238. The Kier molecular flexibility index (Phi) is 4.95. The van der Waals surface area contributed by atoms with Crippen LogP contribution in [0.4, 0.5) is 0 Å². The maximum Gasteiger partial charge on any atom is 0.316 e. The molecule has 0 bridgehead atoms. The van der Waals surface area contributed by atoms with E-state index in [1.165, 1.54) is 0 Å². The molecule has 0 aromatic heterocycles. The molecule has 0 aliphatic carbocycles. The van der Waals surface area contributed by atoms with Crippen molar-refractivity contribution in [2.24, 2.45) is 0 Å². The largest absolute Gasteiger partial charge is 0.497 e. The summed E-state index contributed by atoms with van der Waals surface area (Å²) in [5, 5.41) is 0. The molecule has 0 saturated carbocycles. The summed E-state index contributed by atoms with van der Waals surface area (Å²) in [5.74, 6) is 0.491. The molecule has 0 amide bonds. The Bertz CT molecular complexity index is 426. The van der Waals surface area contributed by atoms with E-state index in [2.05, 4.69) is 6.58 Å². The van der Waals surface area contributed by atoms with Crippen LogP contribution in [-0.4, -0.2) is 19.7 Å². The van der Waals surface area contributed by atoms with Crippen molar-refractivity contribution in [1.29, 1.82) is 0 Å². The normalized spacial score (nSPS) is 13.5. The van der Waals surface area contributed by atoms with E-state index in [9.17, 15) is 4.79 Å². The molecule has 0 fully saturated rings. The minimum atomic E-state index is -0.716. The third kappa shape index (κ3) is 2.92. The number of ether oxygens (including phenoxy) is 2. The molecule has 0 aliphatic rings. The highest BCUT2D eigenvalue weighted by atomic mass is 16.5. The molecule has 0 radical (unpaired) electrons. The van der Waals surface area contributed by atoms with Gasteiger partial charge < -0.3 is 9.47 Å².